The van der Waals surface area contributed by atoms with Gasteiger partial charge < -0.3 is 9.90 Å². The molecule has 0 aliphatic heterocycles. The van der Waals surface area contributed by atoms with Crippen LogP contribution < -0.4 is 0 Å². The van der Waals surface area contributed by atoms with Crippen LogP contribution >= 0.6 is 0 Å². The molecule has 0 aromatic carbocycles. The number of hydrogen-bond donors (Lipinski definition) is 1. The van der Waals surface area contributed by atoms with Gasteiger partial charge in [0.05, 0.1) is 11.5 Å². The van der Waals surface area contributed by atoms with Crippen molar-refractivity contribution in [2.75, 3.05) is 0 Å². The molecular weight excluding hydrogens is 272 g/mol. The van der Waals surface area contributed by atoms with Crippen molar-refractivity contribution in [3.05, 3.63) is 12.2 Å². The van der Waals surface area contributed by atoms with Gasteiger partial charge in [0.2, 0.25) is 0 Å². The summed E-state index contributed by atoms with van der Waals surface area (Å²) in [5.41, 5.74) is -0.438. The SMILES string of the molecule is CC[C@@H](C)/C=C\[C@H]1[C@@H](C)CC[C@H]2C(C)(C)CCC(O)[C@]12C=O. The summed E-state index contributed by atoms with van der Waals surface area (Å²) in [5.74, 6) is 1.46. The molecule has 2 fully saturated rings. The van der Waals surface area contributed by atoms with Gasteiger partial charge in [-0.1, -0.05) is 53.2 Å². The number of hydrogen-bond acceptors (Lipinski definition) is 2. The molecular formula is C20H34O2. The molecule has 0 heterocycles. The lowest BCUT2D eigenvalue weighted by Crippen LogP contribution is -2.60. The maximum absolute atomic E-state index is 12.3. The van der Waals surface area contributed by atoms with Gasteiger partial charge >= 0.3 is 0 Å². The van der Waals surface area contributed by atoms with Crippen LogP contribution in [-0.2, 0) is 4.79 Å². The first-order chi connectivity index (χ1) is 10.3. The number of carbonyl (C=O) groups is 1. The lowest BCUT2D eigenvalue weighted by atomic mass is 9.45. The first kappa shape index (κ1) is 17.7. The van der Waals surface area contributed by atoms with E-state index in [-0.39, 0.29) is 11.3 Å². The molecule has 1 N–H and O–H groups in total. The molecule has 0 amide bonds. The average Bonchev–Trinajstić information content (AvgIpc) is 2.49. The molecule has 2 saturated carbocycles. The van der Waals surface area contributed by atoms with Gasteiger partial charge in [-0.3, -0.25) is 0 Å². The Morgan fingerprint density at radius 1 is 1.27 bits per heavy atom. The molecule has 2 rings (SSSR count). The van der Waals surface area contributed by atoms with Gasteiger partial charge in [0.25, 0.3) is 0 Å². The van der Waals surface area contributed by atoms with Crippen LogP contribution in [0, 0.1) is 34.5 Å². The van der Waals surface area contributed by atoms with Crippen LogP contribution in [0.4, 0.5) is 0 Å². The molecule has 2 aliphatic rings. The minimum Gasteiger partial charge on any atom is -0.392 e. The van der Waals surface area contributed by atoms with Gasteiger partial charge in [-0.25, -0.2) is 0 Å². The van der Waals surface area contributed by atoms with Crippen molar-refractivity contribution in [3.63, 3.8) is 0 Å². The van der Waals surface area contributed by atoms with Gasteiger partial charge in [0.1, 0.15) is 6.29 Å². The van der Waals surface area contributed by atoms with Crippen LogP contribution in [0.2, 0.25) is 0 Å². The molecule has 0 spiro atoms. The fourth-order valence-electron chi connectivity index (χ4n) is 5.08. The number of allylic oxidation sites excluding steroid dienone is 2. The van der Waals surface area contributed by atoms with E-state index in [1.165, 1.54) is 0 Å². The highest BCUT2D eigenvalue weighted by molar-refractivity contribution is 5.64. The second kappa shape index (κ2) is 6.47. The van der Waals surface area contributed by atoms with Crippen molar-refractivity contribution in [3.8, 4) is 0 Å². The predicted octanol–water partition coefficient (Wildman–Crippen LogP) is 4.62. The predicted molar refractivity (Wildman–Crippen MR) is 91.5 cm³/mol. The largest absolute Gasteiger partial charge is 0.392 e. The second-order valence-electron chi connectivity index (χ2n) is 8.56. The molecule has 0 radical (unpaired) electrons. The molecule has 2 heteroatoms. The fraction of sp³-hybridized carbons (Fsp3) is 0.850. The summed E-state index contributed by atoms with van der Waals surface area (Å²) in [5, 5.41) is 10.8. The highest BCUT2D eigenvalue weighted by Gasteiger charge is 2.60. The van der Waals surface area contributed by atoms with Gasteiger partial charge in [-0.2, -0.15) is 0 Å². The van der Waals surface area contributed by atoms with Gasteiger partial charge in [0, 0.05) is 0 Å². The summed E-state index contributed by atoms with van der Waals surface area (Å²) in [4.78, 5) is 12.3. The number of rotatable bonds is 4. The molecule has 0 aromatic rings. The zero-order valence-electron chi connectivity index (χ0n) is 15.0. The van der Waals surface area contributed by atoms with Gasteiger partial charge in [-0.05, 0) is 54.8 Å². The molecule has 2 aliphatic carbocycles. The Morgan fingerprint density at radius 2 is 1.95 bits per heavy atom. The molecule has 0 saturated heterocycles. The second-order valence-corrected chi connectivity index (χ2v) is 8.56. The summed E-state index contributed by atoms with van der Waals surface area (Å²) >= 11 is 0. The first-order valence-corrected chi connectivity index (χ1v) is 9.12. The summed E-state index contributed by atoms with van der Waals surface area (Å²) in [6.45, 7) is 11.2. The monoisotopic (exact) mass is 306 g/mol. The topological polar surface area (TPSA) is 37.3 Å². The Labute approximate surface area is 136 Å². The third-order valence-corrected chi connectivity index (χ3v) is 6.78. The Hall–Kier alpha value is -0.630. The molecule has 126 valence electrons. The van der Waals surface area contributed by atoms with Crippen LogP contribution in [0.25, 0.3) is 0 Å². The number of carbonyl (C=O) groups excluding carboxylic acids is 1. The lowest BCUT2D eigenvalue weighted by molar-refractivity contribution is -0.169. The van der Waals surface area contributed by atoms with Gasteiger partial charge in [0.15, 0.2) is 0 Å². The third kappa shape index (κ3) is 2.79. The van der Waals surface area contributed by atoms with Crippen LogP contribution in [-0.4, -0.2) is 17.5 Å². The van der Waals surface area contributed by atoms with E-state index in [0.717, 1.165) is 38.4 Å². The van der Waals surface area contributed by atoms with Crippen molar-refractivity contribution < 1.29 is 9.90 Å². The number of aliphatic hydroxyl groups is 1. The molecule has 0 bridgehead atoms. The maximum Gasteiger partial charge on any atom is 0.129 e. The number of aliphatic hydroxyl groups excluding tert-OH is 1. The molecule has 0 aromatic heterocycles. The van der Waals surface area contributed by atoms with Crippen molar-refractivity contribution in [1.29, 1.82) is 0 Å². The van der Waals surface area contributed by atoms with E-state index in [4.69, 9.17) is 0 Å². The lowest BCUT2D eigenvalue weighted by Gasteiger charge is -2.59. The van der Waals surface area contributed by atoms with E-state index in [1.54, 1.807) is 0 Å². The maximum atomic E-state index is 12.3. The fourth-order valence-corrected chi connectivity index (χ4v) is 5.08. The number of fused-ring (bicyclic) bond motifs is 1. The summed E-state index contributed by atoms with van der Waals surface area (Å²) in [6.07, 6.45) is 10.3. The Morgan fingerprint density at radius 3 is 2.55 bits per heavy atom. The van der Waals surface area contributed by atoms with Crippen LogP contribution in [0.5, 0.6) is 0 Å². The van der Waals surface area contributed by atoms with Gasteiger partial charge in [-0.15, -0.1) is 0 Å². The van der Waals surface area contributed by atoms with E-state index < -0.39 is 11.5 Å². The van der Waals surface area contributed by atoms with Crippen molar-refractivity contribution >= 4 is 6.29 Å². The van der Waals surface area contributed by atoms with E-state index in [9.17, 15) is 9.90 Å². The normalized spacial score (nSPS) is 42.8. The quantitative estimate of drug-likeness (QED) is 0.608. The average molecular weight is 306 g/mol. The zero-order chi connectivity index (χ0) is 16.5. The van der Waals surface area contributed by atoms with Crippen molar-refractivity contribution in [2.45, 2.75) is 72.8 Å². The highest BCUT2D eigenvalue weighted by atomic mass is 16.3. The Bertz CT molecular complexity index is 425. The molecule has 22 heavy (non-hydrogen) atoms. The van der Waals surface area contributed by atoms with Crippen molar-refractivity contribution in [1.82, 2.24) is 0 Å². The number of aldehydes is 1. The van der Waals surface area contributed by atoms with Crippen LogP contribution in [0.15, 0.2) is 12.2 Å². The van der Waals surface area contributed by atoms with E-state index in [1.807, 2.05) is 0 Å². The highest BCUT2D eigenvalue weighted by Crippen LogP contribution is 2.60. The Balaban J connectivity index is 2.44. The summed E-state index contributed by atoms with van der Waals surface area (Å²) in [7, 11) is 0. The smallest absolute Gasteiger partial charge is 0.129 e. The van der Waals surface area contributed by atoms with Crippen LogP contribution in [0.1, 0.15) is 66.7 Å². The summed E-state index contributed by atoms with van der Waals surface area (Å²) < 4.78 is 0. The van der Waals surface area contributed by atoms with E-state index in [2.05, 4.69) is 46.8 Å². The van der Waals surface area contributed by atoms with E-state index >= 15 is 0 Å². The minimum atomic E-state index is -0.580. The van der Waals surface area contributed by atoms with E-state index in [0.29, 0.717) is 17.8 Å². The zero-order valence-corrected chi connectivity index (χ0v) is 15.0. The molecule has 2 nitrogen and oxygen atoms in total. The van der Waals surface area contributed by atoms with Crippen LogP contribution in [0.3, 0.4) is 0 Å². The molecule has 6 atom stereocenters. The molecule has 1 unspecified atom stereocenters. The third-order valence-electron chi connectivity index (χ3n) is 6.78. The standard InChI is InChI=1S/C20H34O2/c1-6-14(2)7-9-16-15(3)8-10-17-19(4,5)12-11-18(22)20(16,17)13-21/h7,9,13-18,22H,6,8,10-12H2,1-5H3/b9-7-/t14-,15+,16+,17+,18?,20-/m1/s1. The Kier molecular flexibility index (Phi) is 5.21. The van der Waals surface area contributed by atoms with Crippen molar-refractivity contribution in [2.24, 2.45) is 34.5 Å². The first-order valence-electron chi connectivity index (χ1n) is 9.12. The minimum absolute atomic E-state index is 0.142. The summed E-state index contributed by atoms with van der Waals surface area (Å²) in [6, 6.07) is 0.